The third-order valence-corrected chi connectivity index (χ3v) is 8.37. The second kappa shape index (κ2) is 11.0. The van der Waals surface area contributed by atoms with E-state index in [2.05, 4.69) is 15.6 Å². The number of rotatable bonds is 8. The van der Waals surface area contributed by atoms with Crippen molar-refractivity contribution < 1.29 is 14.5 Å². The van der Waals surface area contributed by atoms with Crippen molar-refractivity contribution in [2.75, 3.05) is 10.6 Å². The Hall–Kier alpha value is -4.28. The lowest BCUT2D eigenvalue weighted by atomic mass is 10.0. The Morgan fingerprint density at radius 3 is 2.55 bits per heavy atom. The first kappa shape index (κ1) is 25.4. The Kier molecular flexibility index (Phi) is 7.34. The molecule has 4 aromatic carbocycles. The van der Waals surface area contributed by atoms with Crippen LogP contribution in [0.1, 0.15) is 23.7 Å². The zero-order valence-electron chi connectivity index (χ0n) is 20.2. The van der Waals surface area contributed by atoms with E-state index >= 15 is 0 Å². The smallest absolute Gasteiger partial charge is 0.271 e. The zero-order chi connectivity index (χ0) is 26.6. The lowest BCUT2D eigenvalue weighted by Crippen LogP contribution is -2.24. The lowest BCUT2D eigenvalue weighted by Gasteiger charge is -2.13. The van der Waals surface area contributed by atoms with Crippen LogP contribution >= 0.6 is 23.1 Å². The highest BCUT2D eigenvalue weighted by Crippen LogP contribution is 2.35. The minimum Gasteiger partial charge on any atom is -0.325 e. The van der Waals surface area contributed by atoms with Crippen LogP contribution in [0.3, 0.4) is 0 Å². The van der Waals surface area contributed by atoms with Crippen LogP contribution in [0.5, 0.6) is 0 Å². The molecule has 5 rings (SSSR count). The maximum absolute atomic E-state index is 13.0. The third-order valence-electron chi connectivity index (χ3n) is 5.89. The summed E-state index contributed by atoms with van der Waals surface area (Å²) in [5, 5.41) is 18.2. The monoisotopic (exact) mass is 542 g/mol. The molecule has 0 bridgehead atoms. The van der Waals surface area contributed by atoms with Gasteiger partial charge in [-0.25, -0.2) is 4.98 Å². The summed E-state index contributed by atoms with van der Waals surface area (Å²) >= 11 is 2.79. The zero-order valence-corrected chi connectivity index (χ0v) is 21.8. The standard InChI is InChI=1S/C28H22N4O4S2/c1-2-24(27(34)30-18-9-6-10-20(15-18)32(35)36)37-28-31-23-14-13-19(16-25(23)38-28)29-26(33)22-12-5-8-17-7-3-4-11-21(17)22/h3-16,24H,2H2,1H3,(H,29,33)(H,30,34). The Labute approximate surface area is 226 Å². The van der Waals surface area contributed by atoms with Crippen LogP contribution < -0.4 is 10.6 Å². The van der Waals surface area contributed by atoms with Crippen LogP contribution in [0.25, 0.3) is 21.0 Å². The molecule has 1 atom stereocenters. The van der Waals surface area contributed by atoms with E-state index in [1.807, 2.05) is 61.5 Å². The summed E-state index contributed by atoms with van der Waals surface area (Å²) in [5.41, 5.74) is 2.32. The second-order valence-corrected chi connectivity index (χ2v) is 10.9. The highest BCUT2D eigenvalue weighted by molar-refractivity contribution is 8.02. The molecular formula is C28H22N4O4S2. The number of aromatic nitrogens is 1. The number of carbonyl (C=O) groups excluding carboxylic acids is 2. The van der Waals surface area contributed by atoms with Gasteiger partial charge in [-0.15, -0.1) is 11.3 Å². The van der Waals surface area contributed by atoms with E-state index < -0.39 is 10.2 Å². The maximum Gasteiger partial charge on any atom is 0.271 e. The van der Waals surface area contributed by atoms with E-state index in [4.69, 9.17) is 0 Å². The third kappa shape index (κ3) is 5.51. The van der Waals surface area contributed by atoms with Crippen LogP contribution in [0.15, 0.2) is 89.3 Å². The molecule has 38 heavy (non-hydrogen) atoms. The molecule has 0 saturated heterocycles. The van der Waals surface area contributed by atoms with Gasteiger partial charge in [0.2, 0.25) is 5.91 Å². The number of non-ortho nitro benzene ring substituents is 1. The van der Waals surface area contributed by atoms with Crippen molar-refractivity contribution in [2.45, 2.75) is 22.9 Å². The number of fused-ring (bicyclic) bond motifs is 2. The largest absolute Gasteiger partial charge is 0.325 e. The van der Waals surface area contributed by atoms with E-state index in [1.165, 1.54) is 41.3 Å². The fourth-order valence-electron chi connectivity index (χ4n) is 4.02. The van der Waals surface area contributed by atoms with Crippen molar-refractivity contribution in [3.63, 3.8) is 0 Å². The number of thioether (sulfide) groups is 1. The molecule has 0 aliphatic rings. The number of benzene rings is 4. The fraction of sp³-hybridized carbons (Fsp3) is 0.107. The summed E-state index contributed by atoms with van der Waals surface area (Å²) in [6.45, 7) is 1.90. The Balaban J connectivity index is 1.30. The van der Waals surface area contributed by atoms with Gasteiger partial charge in [0.1, 0.15) is 0 Å². The molecule has 2 amide bonds. The van der Waals surface area contributed by atoms with Crippen molar-refractivity contribution in [1.82, 2.24) is 4.98 Å². The molecule has 0 radical (unpaired) electrons. The first-order valence-electron chi connectivity index (χ1n) is 11.8. The van der Waals surface area contributed by atoms with Gasteiger partial charge in [-0.2, -0.15) is 0 Å². The van der Waals surface area contributed by atoms with E-state index in [1.54, 1.807) is 12.1 Å². The summed E-state index contributed by atoms with van der Waals surface area (Å²) in [5.74, 6) is -0.440. The SMILES string of the molecule is CCC(Sc1nc2ccc(NC(=O)c3cccc4ccccc34)cc2s1)C(=O)Nc1cccc([N+](=O)[O-])c1. The molecule has 8 nitrogen and oxygen atoms in total. The first-order chi connectivity index (χ1) is 18.4. The van der Waals surface area contributed by atoms with Crippen LogP contribution in [0, 0.1) is 10.1 Å². The quantitative estimate of drug-likeness (QED) is 0.123. The first-order valence-corrected chi connectivity index (χ1v) is 13.5. The Morgan fingerprint density at radius 2 is 1.74 bits per heavy atom. The van der Waals surface area contributed by atoms with Gasteiger partial charge in [0.05, 0.1) is 20.4 Å². The van der Waals surface area contributed by atoms with Crippen LogP contribution in [-0.2, 0) is 4.79 Å². The lowest BCUT2D eigenvalue weighted by molar-refractivity contribution is -0.384. The molecule has 0 aliphatic carbocycles. The average molecular weight is 543 g/mol. The molecule has 0 fully saturated rings. The molecule has 1 heterocycles. The second-order valence-electron chi connectivity index (χ2n) is 8.45. The number of amides is 2. The van der Waals surface area contributed by atoms with Crippen molar-refractivity contribution in [2.24, 2.45) is 0 Å². The van der Waals surface area contributed by atoms with Gasteiger partial charge in [0, 0.05) is 29.1 Å². The fourth-order valence-corrected chi connectivity index (χ4v) is 6.29. The number of nitrogens with zero attached hydrogens (tertiary/aromatic N) is 2. The van der Waals surface area contributed by atoms with Crippen LogP contribution in [0.4, 0.5) is 17.1 Å². The summed E-state index contributed by atoms with van der Waals surface area (Å²) in [4.78, 5) is 41.1. The minimum atomic E-state index is -0.498. The number of hydrogen-bond donors (Lipinski definition) is 2. The topological polar surface area (TPSA) is 114 Å². The van der Waals surface area contributed by atoms with Gasteiger partial charge in [0.25, 0.3) is 11.6 Å². The predicted molar refractivity (Wildman–Crippen MR) is 153 cm³/mol. The van der Waals surface area contributed by atoms with E-state index in [0.717, 1.165) is 25.3 Å². The van der Waals surface area contributed by atoms with Gasteiger partial charge < -0.3 is 10.6 Å². The number of nitro benzene ring substituents is 1. The van der Waals surface area contributed by atoms with Gasteiger partial charge in [-0.3, -0.25) is 19.7 Å². The number of carbonyl (C=O) groups is 2. The van der Waals surface area contributed by atoms with Gasteiger partial charge in [-0.1, -0.05) is 61.2 Å². The minimum absolute atomic E-state index is 0.0852. The number of anilines is 2. The summed E-state index contributed by atoms with van der Waals surface area (Å²) in [7, 11) is 0. The predicted octanol–water partition coefficient (Wildman–Crippen LogP) is 7.12. The molecule has 0 spiro atoms. The number of hydrogen-bond acceptors (Lipinski definition) is 7. The maximum atomic E-state index is 13.0. The Morgan fingerprint density at radius 1 is 0.974 bits per heavy atom. The summed E-state index contributed by atoms with van der Waals surface area (Å²) in [6, 6.07) is 24.8. The van der Waals surface area contributed by atoms with E-state index in [0.29, 0.717) is 23.4 Å². The number of nitrogens with one attached hydrogen (secondary N) is 2. The summed E-state index contributed by atoms with van der Waals surface area (Å²) < 4.78 is 1.61. The Bertz CT molecular complexity index is 1680. The molecular weight excluding hydrogens is 520 g/mol. The molecule has 1 aromatic heterocycles. The normalized spacial score (nSPS) is 11.8. The molecule has 2 N–H and O–H groups in total. The number of nitro groups is 1. The number of thiazole rings is 1. The molecule has 5 aromatic rings. The molecule has 10 heteroatoms. The summed E-state index contributed by atoms with van der Waals surface area (Å²) in [6.07, 6.45) is 0.549. The van der Waals surface area contributed by atoms with Crippen molar-refractivity contribution >= 4 is 73.0 Å². The van der Waals surface area contributed by atoms with Crippen LogP contribution in [-0.4, -0.2) is 27.0 Å². The van der Waals surface area contributed by atoms with Crippen molar-refractivity contribution in [3.8, 4) is 0 Å². The van der Waals surface area contributed by atoms with Crippen LogP contribution in [0.2, 0.25) is 0 Å². The average Bonchev–Trinajstić information content (AvgIpc) is 3.33. The molecule has 190 valence electrons. The van der Waals surface area contributed by atoms with Gasteiger partial charge >= 0.3 is 0 Å². The molecule has 1 unspecified atom stereocenters. The van der Waals surface area contributed by atoms with Gasteiger partial charge in [0.15, 0.2) is 4.34 Å². The van der Waals surface area contributed by atoms with E-state index in [-0.39, 0.29) is 17.5 Å². The van der Waals surface area contributed by atoms with E-state index in [9.17, 15) is 19.7 Å². The highest BCUT2D eigenvalue weighted by atomic mass is 32.2. The highest BCUT2D eigenvalue weighted by Gasteiger charge is 2.21. The molecule has 0 saturated carbocycles. The van der Waals surface area contributed by atoms with Gasteiger partial charge in [-0.05, 0) is 47.5 Å². The molecule has 0 aliphatic heterocycles. The van der Waals surface area contributed by atoms with Crippen molar-refractivity contribution in [1.29, 1.82) is 0 Å². The van der Waals surface area contributed by atoms with Crippen molar-refractivity contribution in [3.05, 3.63) is 101 Å².